The third-order valence-electron chi connectivity index (χ3n) is 7.92. The van der Waals surface area contributed by atoms with Gasteiger partial charge >= 0.3 is 12.0 Å². The molecule has 12 nitrogen and oxygen atoms in total. The third kappa shape index (κ3) is 8.97. The molecular formula is C34H35Cl2N7O5. The molecule has 1 saturated heterocycles. The molecule has 1 fully saturated rings. The maximum atomic E-state index is 13.2. The number of aromatic amines is 1. The van der Waals surface area contributed by atoms with Crippen molar-refractivity contribution in [3.05, 3.63) is 98.0 Å². The van der Waals surface area contributed by atoms with E-state index < -0.39 is 12.0 Å². The first-order valence-corrected chi connectivity index (χ1v) is 16.2. The minimum Gasteiger partial charge on any atom is -0.465 e. The average molecular weight is 693 g/mol. The van der Waals surface area contributed by atoms with Crippen molar-refractivity contribution in [3.63, 3.8) is 0 Å². The second-order valence-corrected chi connectivity index (χ2v) is 12.1. The third-order valence-corrected chi connectivity index (χ3v) is 8.50. The average Bonchev–Trinajstić information content (AvgIpc) is 3.10. The smallest absolute Gasteiger partial charge is 0.337 e. The molecule has 3 amide bonds. The molecule has 0 radical (unpaired) electrons. The Morgan fingerprint density at radius 3 is 2.38 bits per heavy atom. The Morgan fingerprint density at radius 1 is 0.896 bits per heavy atom. The molecule has 1 aliphatic rings. The van der Waals surface area contributed by atoms with Crippen LogP contribution in [0.1, 0.15) is 45.5 Å². The zero-order chi connectivity index (χ0) is 34.0. The number of ether oxygens (including phenoxy) is 1. The van der Waals surface area contributed by atoms with Crippen LogP contribution in [-0.4, -0.2) is 77.8 Å². The first-order valence-electron chi connectivity index (χ1n) is 15.5. The summed E-state index contributed by atoms with van der Waals surface area (Å²) in [5, 5.41) is 15.4. The van der Waals surface area contributed by atoms with Gasteiger partial charge in [-0.1, -0.05) is 47.8 Å². The first kappa shape index (κ1) is 34.6. The molecule has 0 unspecified atom stereocenters. The number of amides is 3. The van der Waals surface area contributed by atoms with Crippen LogP contribution in [0.2, 0.25) is 10.0 Å². The number of esters is 1. The zero-order valence-corrected chi connectivity index (χ0v) is 27.8. The van der Waals surface area contributed by atoms with Crippen molar-refractivity contribution < 1.29 is 19.1 Å². The van der Waals surface area contributed by atoms with Gasteiger partial charge in [-0.2, -0.15) is 5.10 Å². The number of benzene rings is 2. The summed E-state index contributed by atoms with van der Waals surface area (Å²) in [6.07, 6.45) is 6.52. The fourth-order valence-electron chi connectivity index (χ4n) is 5.41. The second kappa shape index (κ2) is 16.4. The Morgan fingerprint density at radius 2 is 1.62 bits per heavy atom. The fraction of sp³-hybridized carbons (Fsp3) is 0.294. The second-order valence-electron chi connectivity index (χ2n) is 11.2. The molecule has 14 heteroatoms. The van der Waals surface area contributed by atoms with E-state index in [9.17, 15) is 19.2 Å². The number of aromatic nitrogens is 3. The standard InChI is InChI=1S/C34H35Cl2N7O5/c1-48-33(46)26-16-24(15-25(17-26)31(44)38-10-13-43-11-3-2-4-12-43)21-6-5-7-22(14-21)29-18-23(32(45)42-41-29)8-9-39-34(47)40-30-27(35)19-37-20-28(30)36/h5-7,14-20H,2-4,8-13H2,1H3,(H,38,44)(H,42,45)(H2,37,39,40,47). The highest BCUT2D eigenvalue weighted by atomic mass is 35.5. The van der Waals surface area contributed by atoms with Crippen LogP contribution in [0.5, 0.6) is 0 Å². The number of nitrogens with one attached hydrogen (secondary N) is 4. The molecule has 0 saturated carbocycles. The zero-order valence-electron chi connectivity index (χ0n) is 26.3. The summed E-state index contributed by atoms with van der Waals surface area (Å²) in [5.41, 5.74) is 3.37. The van der Waals surface area contributed by atoms with Gasteiger partial charge in [0, 0.05) is 48.7 Å². The van der Waals surface area contributed by atoms with Gasteiger partial charge in [0.25, 0.3) is 11.5 Å². The van der Waals surface area contributed by atoms with Crippen LogP contribution in [-0.2, 0) is 11.2 Å². The molecule has 4 aromatic rings. The van der Waals surface area contributed by atoms with Crippen LogP contribution >= 0.6 is 23.2 Å². The Labute approximate surface area is 287 Å². The Hall–Kier alpha value is -4.78. The van der Waals surface area contributed by atoms with Crippen molar-refractivity contribution in [1.82, 2.24) is 30.7 Å². The number of piperidine rings is 1. The highest BCUT2D eigenvalue weighted by Crippen LogP contribution is 2.29. The lowest BCUT2D eigenvalue weighted by Gasteiger charge is -2.26. The molecule has 3 heterocycles. The van der Waals surface area contributed by atoms with E-state index in [1.165, 1.54) is 44.8 Å². The molecule has 48 heavy (non-hydrogen) atoms. The van der Waals surface area contributed by atoms with E-state index in [1.807, 2.05) is 24.3 Å². The van der Waals surface area contributed by atoms with Crippen molar-refractivity contribution >= 4 is 46.8 Å². The predicted octanol–water partition coefficient (Wildman–Crippen LogP) is 5.17. The number of hydrogen-bond acceptors (Lipinski definition) is 8. The molecule has 4 N–H and O–H groups in total. The Bertz CT molecular complexity index is 1840. The van der Waals surface area contributed by atoms with Crippen molar-refractivity contribution in [2.75, 3.05) is 45.2 Å². The summed E-state index contributed by atoms with van der Waals surface area (Å²) < 4.78 is 4.96. The van der Waals surface area contributed by atoms with Gasteiger partial charge in [-0.25, -0.2) is 14.7 Å². The number of carbonyl (C=O) groups is 3. The van der Waals surface area contributed by atoms with E-state index in [2.05, 4.69) is 36.0 Å². The Balaban J connectivity index is 1.30. The summed E-state index contributed by atoms with van der Waals surface area (Å²) in [7, 11) is 1.29. The quantitative estimate of drug-likeness (QED) is 0.157. The van der Waals surface area contributed by atoms with Gasteiger partial charge in [-0.3, -0.25) is 14.6 Å². The Kier molecular flexibility index (Phi) is 11.8. The monoisotopic (exact) mass is 691 g/mol. The predicted molar refractivity (Wildman–Crippen MR) is 185 cm³/mol. The van der Waals surface area contributed by atoms with E-state index >= 15 is 0 Å². The molecule has 5 rings (SSSR count). The number of rotatable bonds is 11. The molecule has 2 aromatic carbocycles. The number of pyridine rings is 1. The summed E-state index contributed by atoms with van der Waals surface area (Å²) in [6, 6.07) is 13.4. The summed E-state index contributed by atoms with van der Waals surface area (Å²) >= 11 is 12.1. The van der Waals surface area contributed by atoms with E-state index in [4.69, 9.17) is 27.9 Å². The number of urea groups is 1. The molecule has 0 spiro atoms. The number of nitrogens with zero attached hydrogens (tertiary/aromatic N) is 3. The van der Waals surface area contributed by atoms with E-state index in [1.54, 1.807) is 18.2 Å². The van der Waals surface area contributed by atoms with Gasteiger partial charge in [0.2, 0.25) is 0 Å². The number of hydrogen-bond donors (Lipinski definition) is 4. The number of H-pyrrole nitrogens is 1. The van der Waals surface area contributed by atoms with Crippen LogP contribution in [0.15, 0.2) is 65.7 Å². The van der Waals surface area contributed by atoms with Gasteiger partial charge in [0.05, 0.1) is 34.1 Å². The van der Waals surface area contributed by atoms with Crippen LogP contribution in [0.25, 0.3) is 22.4 Å². The fourth-order valence-corrected chi connectivity index (χ4v) is 5.87. The number of halogens is 2. The number of carbonyl (C=O) groups excluding carboxylic acids is 3. The number of methoxy groups -OCH3 is 1. The molecule has 0 bridgehead atoms. The maximum Gasteiger partial charge on any atom is 0.337 e. The van der Waals surface area contributed by atoms with Crippen molar-refractivity contribution in [2.24, 2.45) is 0 Å². The van der Waals surface area contributed by atoms with Gasteiger partial charge in [-0.15, -0.1) is 0 Å². The van der Waals surface area contributed by atoms with Crippen LogP contribution in [0, 0.1) is 0 Å². The van der Waals surface area contributed by atoms with E-state index in [0.717, 1.165) is 25.2 Å². The van der Waals surface area contributed by atoms with Gasteiger partial charge < -0.3 is 25.6 Å². The van der Waals surface area contributed by atoms with Crippen molar-refractivity contribution in [1.29, 1.82) is 0 Å². The minimum atomic E-state index is -0.559. The lowest BCUT2D eigenvalue weighted by molar-refractivity contribution is 0.0600. The highest BCUT2D eigenvalue weighted by Gasteiger charge is 2.17. The van der Waals surface area contributed by atoms with Gasteiger partial charge in [0.1, 0.15) is 0 Å². The minimum absolute atomic E-state index is 0.141. The molecule has 0 atom stereocenters. The summed E-state index contributed by atoms with van der Waals surface area (Å²) in [5.74, 6) is -0.840. The topological polar surface area (TPSA) is 158 Å². The van der Waals surface area contributed by atoms with E-state index in [0.29, 0.717) is 34.5 Å². The van der Waals surface area contributed by atoms with Crippen LogP contribution in [0.3, 0.4) is 0 Å². The van der Waals surface area contributed by atoms with Crippen molar-refractivity contribution in [3.8, 4) is 22.4 Å². The lowest BCUT2D eigenvalue weighted by Crippen LogP contribution is -2.37. The maximum absolute atomic E-state index is 13.2. The van der Waals surface area contributed by atoms with E-state index in [-0.39, 0.29) is 45.7 Å². The molecular weight excluding hydrogens is 657 g/mol. The number of anilines is 1. The van der Waals surface area contributed by atoms with Gasteiger partial charge in [-0.05, 0) is 73.8 Å². The van der Waals surface area contributed by atoms with Crippen LogP contribution in [0.4, 0.5) is 10.5 Å². The SMILES string of the molecule is COC(=O)c1cc(C(=O)NCCN2CCCCC2)cc(-c2cccc(-c3cc(CCNC(=O)Nc4c(Cl)cncc4Cl)c(=O)[nH]n3)c2)c1. The summed E-state index contributed by atoms with van der Waals surface area (Å²) in [4.78, 5) is 56.9. The van der Waals surface area contributed by atoms with Gasteiger partial charge in [0.15, 0.2) is 0 Å². The lowest BCUT2D eigenvalue weighted by atomic mass is 9.97. The normalized spacial score (nSPS) is 13.1. The van der Waals surface area contributed by atoms with Crippen molar-refractivity contribution in [2.45, 2.75) is 25.7 Å². The highest BCUT2D eigenvalue weighted by molar-refractivity contribution is 6.39. The largest absolute Gasteiger partial charge is 0.465 e. The van der Waals surface area contributed by atoms with Crippen LogP contribution < -0.4 is 21.5 Å². The number of likely N-dealkylation sites (tertiary alicyclic amines) is 1. The molecule has 250 valence electrons. The summed E-state index contributed by atoms with van der Waals surface area (Å²) in [6.45, 7) is 3.48. The molecule has 1 aliphatic heterocycles. The molecule has 0 aliphatic carbocycles. The first-order chi connectivity index (χ1) is 23.2. The molecule has 2 aromatic heterocycles.